The van der Waals surface area contributed by atoms with Crippen LogP contribution in [0.15, 0.2) is 24.3 Å². The molecule has 1 aromatic carbocycles. The number of benzene rings is 1. The molecule has 144 valence electrons. The summed E-state index contributed by atoms with van der Waals surface area (Å²) in [6.45, 7) is 4.07. The fraction of sp³-hybridized carbons (Fsp3) is 0.632. The highest BCUT2D eigenvalue weighted by molar-refractivity contribution is 7.93. The lowest BCUT2D eigenvalue weighted by Crippen LogP contribution is -2.46. The second-order valence-electron chi connectivity index (χ2n) is 7.77. The first kappa shape index (κ1) is 19.0. The van der Waals surface area contributed by atoms with E-state index >= 15 is 0 Å². The van der Waals surface area contributed by atoms with Crippen LogP contribution in [0.4, 0.5) is 11.4 Å². The Kier molecular flexibility index (Phi) is 5.75. The number of sulfonamides is 1. The maximum atomic E-state index is 12.3. The van der Waals surface area contributed by atoms with E-state index in [1.165, 1.54) is 19.3 Å². The van der Waals surface area contributed by atoms with E-state index in [9.17, 15) is 13.2 Å². The number of amides is 1. The molecule has 7 heteroatoms. The molecule has 0 radical (unpaired) electrons. The number of nitrogens with zero attached hydrogens (tertiary/aromatic N) is 1. The zero-order chi connectivity index (χ0) is 18.6. The van der Waals surface area contributed by atoms with Crippen molar-refractivity contribution < 1.29 is 13.2 Å². The molecule has 1 aromatic rings. The molecular weight excluding hydrogens is 350 g/mol. The Bertz CT molecular complexity index is 719. The predicted molar refractivity (Wildman–Crippen MR) is 105 cm³/mol. The average Bonchev–Trinajstić information content (AvgIpc) is 3.01. The Morgan fingerprint density at radius 3 is 2.27 bits per heavy atom. The van der Waals surface area contributed by atoms with Crippen LogP contribution in [-0.2, 0) is 14.8 Å². The minimum atomic E-state index is -3.72. The lowest BCUT2D eigenvalue weighted by Gasteiger charge is -2.28. The second-order valence-corrected chi connectivity index (χ2v) is 9.49. The highest BCUT2D eigenvalue weighted by Gasteiger charge is 2.31. The molecule has 2 N–H and O–H groups in total. The minimum Gasteiger partial charge on any atom is -0.372 e. The van der Waals surface area contributed by atoms with Gasteiger partial charge in [-0.05, 0) is 63.3 Å². The molecule has 3 rings (SSSR count). The third-order valence-electron chi connectivity index (χ3n) is 5.33. The van der Waals surface area contributed by atoms with E-state index in [4.69, 9.17) is 0 Å². The van der Waals surface area contributed by atoms with Crippen molar-refractivity contribution in [2.75, 3.05) is 28.5 Å². The summed E-state index contributed by atoms with van der Waals surface area (Å²) in [5, 5.41) is 2.88. The summed E-state index contributed by atoms with van der Waals surface area (Å²) in [6, 6.07) is 7.39. The number of carbonyl (C=O) groups excluding carboxylic acids is 1. The first-order valence-electron chi connectivity index (χ1n) is 9.52. The van der Waals surface area contributed by atoms with Crippen LogP contribution in [0.3, 0.4) is 0 Å². The summed E-state index contributed by atoms with van der Waals surface area (Å²) in [7, 11) is -3.72. The second kappa shape index (κ2) is 7.86. The Balaban J connectivity index is 1.55. The molecule has 0 bridgehead atoms. The van der Waals surface area contributed by atoms with E-state index in [2.05, 4.69) is 14.9 Å². The van der Waals surface area contributed by atoms with E-state index in [-0.39, 0.29) is 5.54 Å². The molecule has 0 spiro atoms. The van der Waals surface area contributed by atoms with Gasteiger partial charge in [0.05, 0.1) is 0 Å². The molecule has 0 unspecified atom stereocenters. The number of rotatable bonds is 6. The number of hydrogen-bond acceptors (Lipinski definition) is 4. The van der Waals surface area contributed by atoms with Gasteiger partial charge in [-0.3, -0.25) is 9.52 Å². The fourth-order valence-electron chi connectivity index (χ4n) is 3.93. The number of carbonyl (C=O) groups is 1. The quantitative estimate of drug-likeness (QED) is 0.797. The van der Waals surface area contributed by atoms with Gasteiger partial charge in [-0.25, -0.2) is 8.42 Å². The molecule has 2 fully saturated rings. The van der Waals surface area contributed by atoms with Crippen LogP contribution in [0, 0.1) is 0 Å². The van der Waals surface area contributed by atoms with Gasteiger partial charge < -0.3 is 10.2 Å². The lowest BCUT2D eigenvalue weighted by atomic mass is 10.0. The summed E-state index contributed by atoms with van der Waals surface area (Å²) in [5.41, 5.74) is 1.34. The van der Waals surface area contributed by atoms with Gasteiger partial charge in [-0.2, -0.15) is 0 Å². The maximum Gasteiger partial charge on any atom is 0.241 e. The van der Waals surface area contributed by atoms with Gasteiger partial charge in [0, 0.05) is 30.0 Å². The van der Waals surface area contributed by atoms with Crippen LogP contribution in [-0.4, -0.2) is 38.7 Å². The fourth-order valence-corrected chi connectivity index (χ4v) is 4.92. The van der Waals surface area contributed by atoms with E-state index in [1.54, 1.807) is 12.1 Å². The number of anilines is 2. The van der Waals surface area contributed by atoms with Crippen molar-refractivity contribution in [2.24, 2.45) is 0 Å². The molecule has 1 saturated heterocycles. The number of piperidine rings is 1. The zero-order valence-electron chi connectivity index (χ0n) is 15.5. The maximum absolute atomic E-state index is 12.3. The topological polar surface area (TPSA) is 78.5 Å². The van der Waals surface area contributed by atoms with E-state index < -0.39 is 21.7 Å². The molecule has 1 aliphatic carbocycles. The Morgan fingerprint density at radius 1 is 1.04 bits per heavy atom. The summed E-state index contributed by atoms with van der Waals surface area (Å²) in [4.78, 5) is 14.5. The van der Waals surface area contributed by atoms with Gasteiger partial charge in [0.25, 0.3) is 0 Å². The molecular formula is C19H29N3O3S. The molecule has 6 nitrogen and oxygen atoms in total. The van der Waals surface area contributed by atoms with Crippen molar-refractivity contribution in [3.05, 3.63) is 24.3 Å². The van der Waals surface area contributed by atoms with E-state index in [0.29, 0.717) is 5.69 Å². The van der Waals surface area contributed by atoms with Gasteiger partial charge in [-0.15, -0.1) is 0 Å². The number of nitrogens with one attached hydrogen (secondary N) is 2. The van der Waals surface area contributed by atoms with Crippen molar-refractivity contribution in [1.29, 1.82) is 0 Å². The van der Waals surface area contributed by atoms with Crippen molar-refractivity contribution in [3.63, 3.8) is 0 Å². The third kappa shape index (κ3) is 5.13. The first-order valence-corrected chi connectivity index (χ1v) is 11.2. The first-order chi connectivity index (χ1) is 12.4. The van der Waals surface area contributed by atoms with Gasteiger partial charge in [0.2, 0.25) is 15.9 Å². The smallest absolute Gasteiger partial charge is 0.241 e. The summed E-state index contributed by atoms with van der Waals surface area (Å²) in [6.07, 6.45) is 7.63. The van der Waals surface area contributed by atoms with Crippen molar-refractivity contribution in [2.45, 2.75) is 57.4 Å². The molecule has 1 heterocycles. The van der Waals surface area contributed by atoms with Crippen LogP contribution in [0.5, 0.6) is 0 Å². The Hall–Kier alpha value is -1.76. The van der Waals surface area contributed by atoms with Gasteiger partial charge in [0.1, 0.15) is 5.75 Å². The molecule has 26 heavy (non-hydrogen) atoms. The van der Waals surface area contributed by atoms with Gasteiger partial charge in [-0.1, -0.05) is 12.8 Å². The normalized spacial score (nSPS) is 20.0. The Morgan fingerprint density at radius 2 is 1.65 bits per heavy atom. The van der Waals surface area contributed by atoms with Crippen LogP contribution in [0.25, 0.3) is 0 Å². The monoisotopic (exact) mass is 379 g/mol. The minimum absolute atomic E-state index is 0.261. The molecule has 0 aromatic heterocycles. The third-order valence-corrected chi connectivity index (χ3v) is 6.52. The molecule has 2 aliphatic rings. The predicted octanol–water partition coefficient (Wildman–Crippen LogP) is 2.87. The zero-order valence-corrected chi connectivity index (χ0v) is 16.3. The summed E-state index contributed by atoms with van der Waals surface area (Å²) < 4.78 is 27.1. The van der Waals surface area contributed by atoms with E-state index in [0.717, 1.165) is 44.5 Å². The van der Waals surface area contributed by atoms with Gasteiger partial charge >= 0.3 is 0 Å². The highest BCUT2D eigenvalue weighted by Crippen LogP contribution is 2.28. The van der Waals surface area contributed by atoms with Crippen LogP contribution in [0.2, 0.25) is 0 Å². The van der Waals surface area contributed by atoms with Crippen molar-refractivity contribution in [3.8, 4) is 0 Å². The molecule has 1 saturated carbocycles. The van der Waals surface area contributed by atoms with Crippen LogP contribution in [0.1, 0.15) is 51.9 Å². The molecule has 1 amide bonds. The lowest BCUT2D eigenvalue weighted by molar-refractivity contribution is -0.120. The SMILES string of the molecule is CC1(NC(=O)CS(=O)(=O)Nc2ccc(N3CCCCC3)cc2)CCCC1. The molecule has 0 atom stereocenters. The largest absolute Gasteiger partial charge is 0.372 e. The standard InChI is InChI=1S/C19H29N3O3S/c1-19(11-3-4-12-19)20-18(23)15-26(24,25)21-16-7-9-17(10-8-16)22-13-5-2-6-14-22/h7-10,21H,2-6,11-15H2,1H3,(H,20,23). The average molecular weight is 380 g/mol. The van der Waals surface area contributed by atoms with E-state index in [1.807, 2.05) is 19.1 Å². The highest BCUT2D eigenvalue weighted by atomic mass is 32.2. The van der Waals surface area contributed by atoms with Crippen LogP contribution >= 0.6 is 0 Å². The van der Waals surface area contributed by atoms with Crippen LogP contribution < -0.4 is 14.9 Å². The number of hydrogen-bond donors (Lipinski definition) is 2. The summed E-state index contributed by atoms with van der Waals surface area (Å²) in [5.74, 6) is -0.983. The van der Waals surface area contributed by atoms with Crippen molar-refractivity contribution >= 4 is 27.3 Å². The van der Waals surface area contributed by atoms with Gasteiger partial charge in [0.15, 0.2) is 0 Å². The summed E-state index contributed by atoms with van der Waals surface area (Å²) >= 11 is 0. The van der Waals surface area contributed by atoms with Crippen molar-refractivity contribution in [1.82, 2.24) is 5.32 Å². The Labute approximate surface area is 156 Å². The molecule has 1 aliphatic heterocycles.